The van der Waals surface area contributed by atoms with E-state index in [2.05, 4.69) is 67.7 Å². The van der Waals surface area contributed by atoms with Gasteiger partial charge < -0.3 is 5.11 Å². The van der Waals surface area contributed by atoms with Crippen molar-refractivity contribution in [1.29, 1.82) is 0 Å². The Morgan fingerprint density at radius 3 is 0.952 bits per heavy atom. The molecule has 42 heavy (non-hydrogen) atoms. The molecular formula is C40H70O2. The Bertz CT molecular complexity index is 682. The number of allylic oxidation sites excluding steroid dienone is 10. The van der Waals surface area contributed by atoms with Crippen molar-refractivity contribution in [2.75, 3.05) is 0 Å². The normalized spacial score (nSPS) is 12.4. The number of hydrogen-bond donors (Lipinski definition) is 1. The predicted molar refractivity (Wildman–Crippen MR) is 188 cm³/mol. The third-order valence-electron chi connectivity index (χ3n) is 7.92. The van der Waals surface area contributed by atoms with E-state index in [9.17, 15) is 4.79 Å². The van der Waals surface area contributed by atoms with Crippen LogP contribution in [0.4, 0.5) is 0 Å². The van der Waals surface area contributed by atoms with Gasteiger partial charge in [0, 0.05) is 6.42 Å². The summed E-state index contributed by atoms with van der Waals surface area (Å²) >= 11 is 0. The quantitative estimate of drug-likeness (QED) is 0.0617. The number of unbranched alkanes of at least 4 members (excludes halogenated alkanes) is 21. The first-order valence-electron chi connectivity index (χ1n) is 18.2. The standard InChI is InChI=1S/C40H70O2/c1-2-3-4-5-6-7-8-9-10-11-12-13-14-15-16-17-18-19-20-21-22-23-24-25-26-27-28-29-30-31-32-33-34-35-36-37-38-39-40(41)42/h3-4,6-7,9-10,12-13,15-16H,2,5,8,11,14,17-39H2,1H3,(H,41,42)/b4-3-,7-6-,10-9-,13-12-,16-15-. The lowest BCUT2D eigenvalue weighted by Gasteiger charge is -2.04. The van der Waals surface area contributed by atoms with Crippen LogP contribution < -0.4 is 0 Å². The van der Waals surface area contributed by atoms with Crippen LogP contribution in [0.1, 0.15) is 187 Å². The molecule has 2 nitrogen and oxygen atoms in total. The summed E-state index contributed by atoms with van der Waals surface area (Å²) in [7, 11) is 0. The number of rotatable bonds is 33. The number of carboxylic acid groups (broad SMARTS) is 1. The first-order valence-corrected chi connectivity index (χ1v) is 18.2. The van der Waals surface area contributed by atoms with E-state index in [0.29, 0.717) is 6.42 Å². The molecular weight excluding hydrogens is 512 g/mol. The molecule has 1 N–H and O–H groups in total. The molecule has 0 aliphatic heterocycles. The van der Waals surface area contributed by atoms with E-state index in [0.717, 1.165) is 44.9 Å². The molecule has 0 spiro atoms. The fraction of sp³-hybridized carbons (Fsp3) is 0.725. The molecule has 0 aromatic carbocycles. The molecule has 0 aliphatic rings. The topological polar surface area (TPSA) is 37.3 Å². The van der Waals surface area contributed by atoms with E-state index in [-0.39, 0.29) is 0 Å². The summed E-state index contributed by atoms with van der Waals surface area (Å²) in [5, 5.41) is 8.64. The molecule has 0 saturated heterocycles. The lowest BCUT2D eigenvalue weighted by molar-refractivity contribution is -0.137. The minimum atomic E-state index is -0.652. The van der Waals surface area contributed by atoms with Gasteiger partial charge in [0.25, 0.3) is 0 Å². The van der Waals surface area contributed by atoms with Crippen LogP contribution in [0.25, 0.3) is 0 Å². The van der Waals surface area contributed by atoms with E-state index in [1.165, 1.54) is 128 Å². The van der Waals surface area contributed by atoms with Crippen molar-refractivity contribution in [3.8, 4) is 0 Å². The van der Waals surface area contributed by atoms with Crippen LogP contribution in [0.15, 0.2) is 60.8 Å². The molecule has 0 unspecified atom stereocenters. The van der Waals surface area contributed by atoms with Crippen LogP contribution in [0.2, 0.25) is 0 Å². The monoisotopic (exact) mass is 583 g/mol. The molecule has 0 aromatic heterocycles. The summed E-state index contributed by atoms with van der Waals surface area (Å²) < 4.78 is 0. The Hall–Kier alpha value is -1.83. The average molecular weight is 583 g/mol. The molecule has 2 heteroatoms. The van der Waals surface area contributed by atoms with Gasteiger partial charge in [-0.3, -0.25) is 4.79 Å². The van der Waals surface area contributed by atoms with Gasteiger partial charge >= 0.3 is 5.97 Å². The van der Waals surface area contributed by atoms with E-state index < -0.39 is 5.97 Å². The van der Waals surface area contributed by atoms with Gasteiger partial charge in [-0.2, -0.15) is 0 Å². The summed E-state index contributed by atoms with van der Waals surface area (Å²) in [6.07, 6.45) is 58.0. The van der Waals surface area contributed by atoms with E-state index >= 15 is 0 Å². The van der Waals surface area contributed by atoms with Crippen molar-refractivity contribution in [2.45, 2.75) is 187 Å². The first kappa shape index (κ1) is 40.2. The second-order valence-corrected chi connectivity index (χ2v) is 12.1. The smallest absolute Gasteiger partial charge is 0.303 e. The number of carboxylic acids is 1. The summed E-state index contributed by atoms with van der Waals surface area (Å²) in [5.74, 6) is -0.652. The van der Waals surface area contributed by atoms with Gasteiger partial charge in [0.05, 0.1) is 0 Å². The van der Waals surface area contributed by atoms with Gasteiger partial charge in [-0.25, -0.2) is 0 Å². The molecule has 0 aliphatic carbocycles. The maximum absolute atomic E-state index is 10.5. The van der Waals surface area contributed by atoms with E-state index in [4.69, 9.17) is 5.11 Å². The molecule has 0 amide bonds. The molecule has 0 fully saturated rings. The zero-order valence-electron chi connectivity index (χ0n) is 27.9. The Balaban J connectivity index is 3.21. The van der Waals surface area contributed by atoms with Crippen LogP contribution in [-0.4, -0.2) is 11.1 Å². The Morgan fingerprint density at radius 2 is 0.643 bits per heavy atom. The Labute approximate surface area is 262 Å². The second-order valence-electron chi connectivity index (χ2n) is 12.1. The maximum atomic E-state index is 10.5. The minimum absolute atomic E-state index is 0.341. The van der Waals surface area contributed by atoms with Gasteiger partial charge in [0.2, 0.25) is 0 Å². The highest BCUT2D eigenvalue weighted by molar-refractivity contribution is 5.66. The van der Waals surface area contributed by atoms with E-state index in [1.807, 2.05) is 0 Å². The highest BCUT2D eigenvalue weighted by Gasteiger charge is 1.97. The van der Waals surface area contributed by atoms with E-state index in [1.54, 1.807) is 0 Å². The minimum Gasteiger partial charge on any atom is -0.481 e. The molecule has 0 radical (unpaired) electrons. The summed E-state index contributed by atoms with van der Waals surface area (Å²) in [6, 6.07) is 0. The zero-order valence-corrected chi connectivity index (χ0v) is 27.9. The third kappa shape index (κ3) is 38.2. The molecule has 0 bridgehead atoms. The SMILES string of the molecule is CC/C=C\C/C=C\C/C=C\C/C=C\C/C=C\CCCCCCCCCCCCCCCCCCCCCCCC(=O)O. The molecule has 0 saturated carbocycles. The molecule has 0 rings (SSSR count). The number of hydrogen-bond acceptors (Lipinski definition) is 1. The van der Waals surface area contributed by atoms with Gasteiger partial charge in [-0.05, 0) is 51.4 Å². The third-order valence-corrected chi connectivity index (χ3v) is 7.92. The molecule has 242 valence electrons. The van der Waals surface area contributed by atoms with Crippen LogP contribution in [-0.2, 0) is 4.79 Å². The molecule has 0 atom stereocenters. The van der Waals surface area contributed by atoms with Crippen molar-refractivity contribution in [3.63, 3.8) is 0 Å². The largest absolute Gasteiger partial charge is 0.481 e. The van der Waals surface area contributed by atoms with Gasteiger partial charge in [0.15, 0.2) is 0 Å². The molecule has 0 heterocycles. The first-order chi connectivity index (χ1) is 20.8. The van der Waals surface area contributed by atoms with Gasteiger partial charge in [-0.1, -0.05) is 190 Å². The highest BCUT2D eigenvalue weighted by Crippen LogP contribution is 2.15. The van der Waals surface area contributed by atoms with Crippen LogP contribution in [0.5, 0.6) is 0 Å². The van der Waals surface area contributed by atoms with Crippen molar-refractivity contribution >= 4 is 5.97 Å². The lowest BCUT2D eigenvalue weighted by atomic mass is 10.0. The van der Waals surface area contributed by atoms with Crippen LogP contribution in [0, 0.1) is 0 Å². The maximum Gasteiger partial charge on any atom is 0.303 e. The lowest BCUT2D eigenvalue weighted by Crippen LogP contribution is -1.93. The summed E-state index contributed by atoms with van der Waals surface area (Å²) in [5.41, 5.74) is 0. The number of aliphatic carboxylic acids is 1. The summed E-state index contributed by atoms with van der Waals surface area (Å²) in [4.78, 5) is 10.5. The summed E-state index contributed by atoms with van der Waals surface area (Å²) in [6.45, 7) is 2.17. The molecule has 0 aromatic rings. The van der Waals surface area contributed by atoms with Gasteiger partial charge in [0.1, 0.15) is 0 Å². The van der Waals surface area contributed by atoms with Crippen molar-refractivity contribution in [1.82, 2.24) is 0 Å². The van der Waals surface area contributed by atoms with Crippen molar-refractivity contribution in [2.24, 2.45) is 0 Å². The second kappa shape index (κ2) is 37.2. The fourth-order valence-corrected chi connectivity index (χ4v) is 5.27. The highest BCUT2D eigenvalue weighted by atomic mass is 16.4. The van der Waals surface area contributed by atoms with Crippen LogP contribution in [0.3, 0.4) is 0 Å². The van der Waals surface area contributed by atoms with Gasteiger partial charge in [-0.15, -0.1) is 0 Å². The van der Waals surface area contributed by atoms with Crippen LogP contribution >= 0.6 is 0 Å². The average Bonchev–Trinajstić information content (AvgIpc) is 2.98. The zero-order chi connectivity index (χ0) is 30.4. The Kier molecular flexibility index (Phi) is 35.6. The Morgan fingerprint density at radius 1 is 0.381 bits per heavy atom. The number of carbonyl (C=O) groups is 1. The van der Waals surface area contributed by atoms with Crippen molar-refractivity contribution in [3.05, 3.63) is 60.8 Å². The van der Waals surface area contributed by atoms with Crippen molar-refractivity contribution < 1.29 is 9.90 Å². The fourth-order valence-electron chi connectivity index (χ4n) is 5.27. The predicted octanol–water partition coefficient (Wildman–Crippen LogP) is 13.8.